The number of imidazole rings is 1. The Bertz CT molecular complexity index is 393. The summed E-state index contributed by atoms with van der Waals surface area (Å²) in [6.45, 7) is 0.819. The largest absolute Gasteiger partial charge is 0.393 e. The highest BCUT2D eigenvalue weighted by atomic mass is 16.3. The third-order valence-electron chi connectivity index (χ3n) is 1.81. The number of rotatable bonds is 4. The van der Waals surface area contributed by atoms with Crippen LogP contribution in [0.2, 0.25) is 0 Å². The average molecular weight is 215 g/mol. The van der Waals surface area contributed by atoms with Gasteiger partial charge in [-0.2, -0.15) is 0 Å². The van der Waals surface area contributed by atoms with Crippen LogP contribution in [0.1, 0.15) is 17.4 Å². The zero-order chi connectivity index (χ0) is 11.5. The van der Waals surface area contributed by atoms with Gasteiger partial charge in [-0.15, -0.1) is 0 Å². The summed E-state index contributed by atoms with van der Waals surface area (Å²) in [4.78, 5) is 26.5. The summed E-state index contributed by atoms with van der Waals surface area (Å²) in [7, 11) is 0. The van der Waals surface area contributed by atoms with E-state index in [9.17, 15) is 14.7 Å². The molecule has 7 nitrogen and oxygen atoms in total. The van der Waals surface area contributed by atoms with E-state index in [2.05, 4.69) is 15.3 Å². The van der Waals surface area contributed by atoms with Gasteiger partial charge >= 0.3 is 5.69 Å². The van der Waals surface area contributed by atoms with Gasteiger partial charge in [0.25, 0.3) is 5.91 Å². The molecule has 1 unspecified atom stereocenters. The molecule has 0 aliphatic heterocycles. The fraction of sp³-hybridized carbons (Fsp3) is 0.500. The predicted molar refractivity (Wildman–Crippen MR) is 51.5 cm³/mol. The summed E-state index contributed by atoms with van der Waals surface area (Å²) in [5.41, 5.74) is -1.77. The molecule has 5 N–H and O–H groups in total. The highest BCUT2D eigenvalue weighted by Gasteiger charge is 2.20. The molecule has 0 spiro atoms. The molecule has 0 aliphatic carbocycles. The SMILES string of the molecule is CC(O)(CO)CNC(=O)c1c[nH]c(=O)[nH]1. The van der Waals surface area contributed by atoms with Crippen LogP contribution < -0.4 is 11.0 Å². The Morgan fingerprint density at radius 3 is 2.80 bits per heavy atom. The maximum absolute atomic E-state index is 11.3. The minimum Gasteiger partial charge on any atom is -0.393 e. The highest BCUT2D eigenvalue weighted by Crippen LogP contribution is 1.99. The number of aliphatic hydroxyl groups excluding tert-OH is 1. The third-order valence-corrected chi connectivity index (χ3v) is 1.81. The van der Waals surface area contributed by atoms with Gasteiger partial charge in [0.05, 0.1) is 6.61 Å². The second-order valence-corrected chi connectivity index (χ2v) is 3.49. The van der Waals surface area contributed by atoms with Gasteiger partial charge in [0.15, 0.2) is 0 Å². The molecule has 15 heavy (non-hydrogen) atoms. The normalized spacial score (nSPS) is 14.6. The molecule has 1 aromatic rings. The van der Waals surface area contributed by atoms with E-state index in [4.69, 9.17) is 5.11 Å². The van der Waals surface area contributed by atoms with E-state index in [-0.39, 0.29) is 12.2 Å². The fourth-order valence-corrected chi connectivity index (χ4v) is 0.876. The molecule has 84 valence electrons. The van der Waals surface area contributed by atoms with Gasteiger partial charge in [-0.05, 0) is 6.92 Å². The minimum absolute atomic E-state index is 0.0775. The topological polar surface area (TPSA) is 118 Å². The van der Waals surface area contributed by atoms with Crippen LogP contribution in [0.15, 0.2) is 11.0 Å². The lowest BCUT2D eigenvalue weighted by Crippen LogP contribution is -2.43. The lowest BCUT2D eigenvalue weighted by atomic mass is 10.1. The smallest absolute Gasteiger partial charge is 0.323 e. The molecule has 0 fully saturated rings. The first-order chi connectivity index (χ1) is 6.94. The summed E-state index contributed by atoms with van der Waals surface area (Å²) in [5.74, 6) is -0.526. The number of aliphatic hydroxyl groups is 2. The number of amides is 1. The lowest BCUT2D eigenvalue weighted by Gasteiger charge is -2.20. The number of nitrogens with one attached hydrogen (secondary N) is 3. The van der Waals surface area contributed by atoms with E-state index in [1.165, 1.54) is 13.1 Å². The van der Waals surface area contributed by atoms with Crippen molar-refractivity contribution in [2.24, 2.45) is 0 Å². The van der Waals surface area contributed by atoms with Crippen LogP contribution in [0.3, 0.4) is 0 Å². The van der Waals surface area contributed by atoms with E-state index in [0.29, 0.717) is 0 Å². The Labute approximate surface area is 85.1 Å². The zero-order valence-corrected chi connectivity index (χ0v) is 8.20. The second-order valence-electron chi connectivity index (χ2n) is 3.49. The number of carbonyl (C=O) groups excluding carboxylic acids is 1. The van der Waals surface area contributed by atoms with Gasteiger partial charge in [-0.3, -0.25) is 4.79 Å². The fourth-order valence-electron chi connectivity index (χ4n) is 0.876. The Balaban J connectivity index is 2.54. The molecule has 0 saturated carbocycles. The van der Waals surface area contributed by atoms with Gasteiger partial charge in [0.2, 0.25) is 0 Å². The number of hydrogen-bond acceptors (Lipinski definition) is 4. The van der Waals surface area contributed by atoms with Crippen LogP contribution in [-0.4, -0.2) is 44.8 Å². The minimum atomic E-state index is -1.37. The van der Waals surface area contributed by atoms with Crippen LogP contribution in [0, 0.1) is 0 Å². The summed E-state index contributed by atoms with van der Waals surface area (Å²) < 4.78 is 0. The van der Waals surface area contributed by atoms with Crippen LogP contribution in [-0.2, 0) is 0 Å². The molecule has 0 aliphatic rings. The van der Waals surface area contributed by atoms with Crippen molar-refractivity contribution in [3.05, 3.63) is 22.4 Å². The van der Waals surface area contributed by atoms with Crippen molar-refractivity contribution in [3.63, 3.8) is 0 Å². The molecule has 0 bridgehead atoms. The quantitative estimate of drug-likeness (QED) is 0.406. The molecule has 0 saturated heterocycles. The number of H-pyrrole nitrogens is 2. The van der Waals surface area contributed by atoms with Crippen molar-refractivity contribution in [1.82, 2.24) is 15.3 Å². The van der Waals surface area contributed by atoms with Crippen molar-refractivity contribution in [2.75, 3.05) is 13.2 Å². The summed E-state index contributed by atoms with van der Waals surface area (Å²) in [6.07, 6.45) is 1.23. The van der Waals surface area contributed by atoms with E-state index in [1.54, 1.807) is 0 Å². The van der Waals surface area contributed by atoms with Crippen molar-refractivity contribution in [1.29, 1.82) is 0 Å². The van der Waals surface area contributed by atoms with Crippen LogP contribution >= 0.6 is 0 Å². The Morgan fingerprint density at radius 1 is 1.67 bits per heavy atom. The van der Waals surface area contributed by atoms with E-state index in [0.717, 1.165) is 0 Å². The summed E-state index contributed by atoms with van der Waals surface area (Å²) in [6, 6.07) is 0. The summed E-state index contributed by atoms with van der Waals surface area (Å²) >= 11 is 0. The van der Waals surface area contributed by atoms with E-state index in [1.807, 2.05) is 0 Å². The molecule has 1 aromatic heterocycles. The molecule has 0 aromatic carbocycles. The number of carbonyl (C=O) groups is 1. The first kappa shape index (κ1) is 11.5. The Morgan fingerprint density at radius 2 is 2.33 bits per heavy atom. The maximum atomic E-state index is 11.3. The van der Waals surface area contributed by atoms with Crippen LogP contribution in [0.5, 0.6) is 0 Å². The van der Waals surface area contributed by atoms with Gasteiger partial charge < -0.3 is 25.5 Å². The second kappa shape index (κ2) is 4.28. The Hall–Kier alpha value is -1.60. The van der Waals surface area contributed by atoms with Gasteiger partial charge in [-0.1, -0.05) is 0 Å². The maximum Gasteiger partial charge on any atom is 0.323 e. The number of hydrogen-bond donors (Lipinski definition) is 5. The standard InChI is InChI=1S/C8H13N3O4/c1-8(15,4-12)3-10-6(13)5-2-9-7(14)11-5/h2,12,15H,3-4H2,1H3,(H,10,13)(H2,9,11,14). The van der Waals surface area contributed by atoms with Gasteiger partial charge in [-0.25, -0.2) is 4.79 Å². The molecule has 1 amide bonds. The first-order valence-electron chi connectivity index (χ1n) is 4.34. The monoisotopic (exact) mass is 215 g/mol. The van der Waals surface area contributed by atoms with Crippen molar-refractivity contribution in [2.45, 2.75) is 12.5 Å². The van der Waals surface area contributed by atoms with Crippen molar-refractivity contribution < 1.29 is 15.0 Å². The van der Waals surface area contributed by atoms with E-state index >= 15 is 0 Å². The Kier molecular flexibility index (Phi) is 3.28. The molecule has 0 radical (unpaired) electrons. The third kappa shape index (κ3) is 3.22. The van der Waals surface area contributed by atoms with Crippen LogP contribution in [0.25, 0.3) is 0 Å². The predicted octanol–water partition coefficient (Wildman–Crippen LogP) is -1.82. The first-order valence-corrected chi connectivity index (χ1v) is 4.34. The van der Waals surface area contributed by atoms with Crippen molar-refractivity contribution in [3.8, 4) is 0 Å². The lowest BCUT2D eigenvalue weighted by molar-refractivity contribution is 0.00316. The van der Waals surface area contributed by atoms with Crippen molar-refractivity contribution >= 4 is 5.91 Å². The zero-order valence-electron chi connectivity index (χ0n) is 8.20. The molecular weight excluding hydrogens is 202 g/mol. The molecule has 1 rings (SSSR count). The molecular formula is C8H13N3O4. The number of aromatic nitrogens is 2. The molecule has 1 heterocycles. The summed E-state index contributed by atoms with van der Waals surface area (Å²) in [5, 5.41) is 20.5. The van der Waals surface area contributed by atoms with E-state index < -0.39 is 23.8 Å². The van der Waals surface area contributed by atoms with Gasteiger partial charge in [0.1, 0.15) is 11.3 Å². The molecule has 1 atom stereocenters. The average Bonchev–Trinajstić information content (AvgIpc) is 2.61. The van der Waals surface area contributed by atoms with Crippen LogP contribution in [0.4, 0.5) is 0 Å². The number of aromatic amines is 2. The van der Waals surface area contributed by atoms with Gasteiger partial charge in [0, 0.05) is 12.7 Å². The molecule has 7 heteroatoms. The highest BCUT2D eigenvalue weighted by molar-refractivity contribution is 5.91.